The van der Waals surface area contributed by atoms with Gasteiger partial charge in [0.1, 0.15) is 5.69 Å². The van der Waals surface area contributed by atoms with Crippen LogP contribution >= 0.6 is 0 Å². The van der Waals surface area contributed by atoms with Gasteiger partial charge in [-0.25, -0.2) is 4.79 Å². The Morgan fingerprint density at radius 1 is 1.48 bits per heavy atom. The van der Waals surface area contributed by atoms with Crippen molar-refractivity contribution in [2.24, 2.45) is 5.41 Å². The van der Waals surface area contributed by atoms with Gasteiger partial charge >= 0.3 is 6.03 Å². The summed E-state index contributed by atoms with van der Waals surface area (Å²) in [6.07, 6.45) is 7.05. The number of nitrogens with one attached hydrogen (secondary N) is 4. The molecular formula is C23H34N6O4. The van der Waals surface area contributed by atoms with Crippen molar-refractivity contribution in [3.8, 4) is 0 Å². The van der Waals surface area contributed by atoms with E-state index >= 15 is 0 Å². The summed E-state index contributed by atoms with van der Waals surface area (Å²) in [5, 5.41) is 15.8. The van der Waals surface area contributed by atoms with Gasteiger partial charge in [0.25, 0.3) is 0 Å². The average molecular weight is 459 g/mol. The predicted octanol–water partition coefficient (Wildman–Crippen LogP) is 1.17. The van der Waals surface area contributed by atoms with Crippen molar-refractivity contribution in [2.45, 2.75) is 51.2 Å². The van der Waals surface area contributed by atoms with Crippen LogP contribution in [-0.4, -0.2) is 67.2 Å². The molecule has 3 rings (SSSR count). The van der Waals surface area contributed by atoms with Gasteiger partial charge in [-0.15, -0.1) is 0 Å². The van der Waals surface area contributed by atoms with Crippen LogP contribution in [0, 0.1) is 5.41 Å². The van der Waals surface area contributed by atoms with Crippen molar-refractivity contribution in [1.82, 2.24) is 31.3 Å². The molecule has 1 saturated carbocycles. The van der Waals surface area contributed by atoms with Crippen LogP contribution in [0.5, 0.6) is 0 Å². The number of carbonyl (C=O) groups excluding carboxylic acids is 3. The SMILES string of the molecule is C=C/C(=C\C)c1cc(CNC(=O)N(C2CC2)C(CNC)CC2(CNC=O)CNC(=O)C2)on1. The van der Waals surface area contributed by atoms with Gasteiger partial charge in [0.15, 0.2) is 5.76 Å². The topological polar surface area (TPSA) is 129 Å². The highest BCUT2D eigenvalue weighted by molar-refractivity contribution is 5.79. The smallest absolute Gasteiger partial charge is 0.318 e. The number of rotatable bonds is 13. The quantitative estimate of drug-likeness (QED) is 0.259. The van der Waals surface area contributed by atoms with Crippen LogP contribution in [-0.2, 0) is 16.1 Å². The first-order valence-corrected chi connectivity index (χ1v) is 11.3. The maximum atomic E-state index is 13.3. The Morgan fingerprint density at radius 3 is 2.85 bits per heavy atom. The van der Waals surface area contributed by atoms with E-state index in [1.807, 2.05) is 24.9 Å². The van der Waals surface area contributed by atoms with Gasteiger partial charge in [-0.2, -0.15) is 0 Å². The summed E-state index contributed by atoms with van der Waals surface area (Å²) in [7, 11) is 1.85. The molecule has 1 aliphatic heterocycles. The minimum Gasteiger partial charge on any atom is -0.359 e. The molecule has 0 aromatic carbocycles. The number of likely N-dealkylation sites (N-methyl/N-ethyl adjacent to an activating group) is 1. The fourth-order valence-corrected chi connectivity index (χ4v) is 4.49. The Hall–Kier alpha value is -3.14. The molecule has 2 fully saturated rings. The monoisotopic (exact) mass is 458 g/mol. The average Bonchev–Trinajstić information content (AvgIpc) is 3.40. The summed E-state index contributed by atoms with van der Waals surface area (Å²) in [6.45, 7) is 7.32. The second-order valence-electron chi connectivity index (χ2n) is 8.79. The Kier molecular flexibility index (Phi) is 8.26. The van der Waals surface area contributed by atoms with Gasteiger partial charge in [0, 0.05) is 49.6 Å². The summed E-state index contributed by atoms with van der Waals surface area (Å²) in [5.74, 6) is 0.521. The first-order chi connectivity index (χ1) is 15.9. The fraction of sp³-hybridized carbons (Fsp3) is 0.565. The second kappa shape index (κ2) is 11.1. The van der Waals surface area contributed by atoms with E-state index in [0.717, 1.165) is 18.4 Å². The zero-order valence-electron chi connectivity index (χ0n) is 19.4. The van der Waals surface area contributed by atoms with E-state index in [2.05, 4.69) is 33.0 Å². The van der Waals surface area contributed by atoms with Crippen molar-refractivity contribution < 1.29 is 18.9 Å². The van der Waals surface area contributed by atoms with Gasteiger partial charge in [-0.05, 0) is 38.8 Å². The summed E-state index contributed by atoms with van der Waals surface area (Å²) in [6, 6.07) is 1.63. The first kappa shape index (κ1) is 24.5. The zero-order valence-corrected chi connectivity index (χ0v) is 19.4. The number of hydrogen-bond donors (Lipinski definition) is 4. The van der Waals surface area contributed by atoms with Crippen molar-refractivity contribution >= 4 is 23.9 Å². The molecule has 10 nitrogen and oxygen atoms in total. The van der Waals surface area contributed by atoms with Crippen LogP contribution in [0.2, 0.25) is 0 Å². The van der Waals surface area contributed by atoms with E-state index in [1.54, 1.807) is 12.1 Å². The number of amides is 4. The lowest BCUT2D eigenvalue weighted by Gasteiger charge is -2.38. The van der Waals surface area contributed by atoms with Gasteiger partial charge in [-0.3, -0.25) is 9.59 Å². The van der Waals surface area contributed by atoms with Gasteiger partial charge in [0.2, 0.25) is 12.3 Å². The second-order valence-corrected chi connectivity index (χ2v) is 8.79. The molecule has 33 heavy (non-hydrogen) atoms. The summed E-state index contributed by atoms with van der Waals surface area (Å²) < 4.78 is 5.37. The van der Waals surface area contributed by atoms with Crippen LogP contribution in [0.15, 0.2) is 29.3 Å². The number of allylic oxidation sites excluding steroid dienone is 3. The molecule has 2 atom stereocenters. The predicted molar refractivity (Wildman–Crippen MR) is 124 cm³/mol. The third-order valence-corrected chi connectivity index (χ3v) is 6.23. The normalized spacial score (nSPS) is 21.3. The Balaban J connectivity index is 1.70. The standard InChI is InChI=1S/C23H34N6O4/c1-4-16(5-2)20-8-19(33-28-20)12-26-22(32)29(17-6-7-17)18(11-24-3)9-23(13-25-15-30)10-21(31)27-14-23/h4-5,8,15,17-18,24H,1,6-7,9-14H2,2-3H3,(H,25,30)(H,26,32)(H,27,31)/b16-5+. The van der Waals surface area contributed by atoms with E-state index in [-0.39, 0.29) is 30.6 Å². The Bertz CT molecular complexity index is 893. The van der Waals surface area contributed by atoms with Crippen LogP contribution in [0.3, 0.4) is 0 Å². The number of urea groups is 1. The van der Waals surface area contributed by atoms with Crippen molar-refractivity contribution in [3.05, 3.63) is 36.3 Å². The number of nitrogens with zero attached hydrogens (tertiary/aromatic N) is 2. The zero-order chi connectivity index (χ0) is 23.8. The Labute approximate surface area is 194 Å². The molecule has 2 aliphatic rings. The van der Waals surface area contributed by atoms with E-state index in [9.17, 15) is 14.4 Å². The molecule has 1 saturated heterocycles. The van der Waals surface area contributed by atoms with Gasteiger partial charge in [0.05, 0.1) is 6.54 Å². The lowest BCUT2D eigenvalue weighted by Crippen LogP contribution is -2.53. The molecule has 2 unspecified atom stereocenters. The molecule has 1 aromatic rings. The van der Waals surface area contributed by atoms with Crippen LogP contribution in [0.25, 0.3) is 5.57 Å². The first-order valence-electron chi connectivity index (χ1n) is 11.3. The van der Waals surface area contributed by atoms with Crippen LogP contribution < -0.4 is 21.3 Å². The molecule has 10 heteroatoms. The molecule has 1 aromatic heterocycles. The molecule has 2 heterocycles. The molecule has 4 amide bonds. The van der Waals surface area contributed by atoms with Gasteiger partial charge in [-0.1, -0.05) is 23.9 Å². The van der Waals surface area contributed by atoms with Gasteiger partial charge < -0.3 is 30.7 Å². The highest BCUT2D eigenvalue weighted by atomic mass is 16.5. The maximum Gasteiger partial charge on any atom is 0.318 e. The van der Waals surface area contributed by atoms with E-state index in [1.165, 1.54) is 0 Å². The minimum absolute atomic E-state index is 0.0329. The lowest BCUT2D eigenvalue weighted by molar-refractivity contribution is -0.120. The minimum atomic E-state index is -0.430. The fourth-order valence-electron chi connectivity index (χ4n) is 4.49. The van der Waals surface area contributed by atoms with E-state index in [0.29, 0.717) is 50.3 Å². The molecule has 1 aliphatic carbocycles. The molecule has 0 radical (unpaired) electrons. The number of aromatic nitrogens is 1. The summed E-state index contributed by atoms with van der Waals surface area (Å²) >= 11 is 0. The highest BCUT2D eigenvalue weighted by Gasteiger charge is 2.44. The van der Waals surface area contributed by atoms with E-state index in [4.69, 9.17) is 4.52 Å². The maximum absolute atomic E-state index is 13.3. The molecule has 0 bridgehead atoms. The van der Waals surface area contributed by atoms with Crippen molar-refractivity contribution in [1.29, 1.82) is 0 Å². The third kappa shape index (κ3) is 6.22. The van der Waals surface area contributed by atoms with Crippen molar-refractivity contribution in [2.75, 3.05) is 26.7 Å². The van der Waals surface area contributed by atoms with E-state index < -0.39 is 5.41 Å². The van der Waals surface area contributed by atoms with Crippen LogP contribution in [0.4, 0.5) is 4.79 Å². The Morgan fingerprint density at radius 2 is 2.27 bits per heavy atom. The number of hydrogen-bond acceptors (Lipinski definition) is 6. The highest BCUT2D eigenvalue weighted by Crippen LogP contribution is 2.36. The lowest BCUT2D eigenvalue weighted by atomic mass is 9.80. The molecule has 180 valence electrons. The third-order valence-electron chi connectivity index (χ3n) is 6.23. The molecular weight excluding hydrogens is 424 g/mol. The molecule has 4 N–H and O–H groups in total. The molecule has 0 spiro atoms. The summed E-state index contributed by atoms with van der Waals surface area (Å²) in [4.78, 5) is 38.1. The van der Waals surface area contributed by atoms with Crippen molar-refractivity contribution in [3.63, 3.8) is 0 Å². The summed E-state index contributed by atoms with van der Waals surface area (Å²) in [5.41, 5.74) is 1.10. The largest absolute Gasteiger partial charge is 0.359 e. The number of carbonyl (C=O) groups is 3. The van der Waals surface area contributed by atoms with Crippen LogP contribution in [0.1, 0.15) is 44.1 Å².